The lowest BCUT2D eigenvalue weighted by molar-refractivity contribution is -0.123. The molecule has 1 heterocycles. The van der Waals surface area contributed by atoms with Gasteiger partial charge in [0.05, 0.1) is 19.8 Å². The topological polar surface area (TPSA) is 41.6 Å². The van der Waals surface area contributed by atoms with Crippen LogP contribution in [0.5, 0.6) is 0 Å². The van der Waals surface area contributed by atoms with E-state index >= 15 is 0 Å². The molecule has 0 unspecified atom stereocenters. The lowest BCUT2D eigenvalue weighted by atomic mass is 10.1. The van der Waals surface area contributed by atoms with Crippen molar-refractivity contribution in [3.05, 3.63) is 34.9 Å². The van der Waals surface area contributed by atoms with Gasteiger partial charge in [0.2, 0.25) is 5.91 Å². The lowest BCUT2D eigenvalue weighted by Crippen LogP contribution is -2.43. The summed E-state index contributed by atoms with van der Waals surface area (Å²) >= 11 is 5.91. The molecule has 0 atom stereocenters. The maximum Gasteiger partial charge on any atom is 0.234 e. The average Bonchev–Trinajstić information content (AvgIpc) is 2.40. The molecular formula is C14H19ClN2O2. The van der Waals surface area contributed by atoms with E-state index in [1.54, 1.807) is 0 Å². The van der Waals surface area contributed by atoms with Crippen molar-refractivity contribution in [2.24, 2.45) is 0 Å². The Kier molecular flexibility index (Phi) is 5.63. The highest BCUT2D eigenvalue weighted by Gasteiger charge is 2.13. The van der Waals surface area contributed by atoms with E-state index in [9.17, 15) is 4.79 Å². The van der Waals surface area contributed by atoms with E-state index in [0.717, 1.165) is 43.3 Å². The molecular weight excluding hydrogens is 264 g/mol. The van der Waals surface area contributed by atoms with Crippen LogP contribution in [0.15, 0.2) is 24.3 Å². The van der Waals surface area contributed by atoms with Gasteiger partial charge in [-0.25, -0.2) is 0 Å². The fourth-order valence-corrected chi connectivity index (χ4v) is 2.27. The lowest BCUT2D eigenvalue weighted by Gasteiger charge is -2.25. The van der Waals surface area contributed by atoms with Gasteiger partial charge in [-0.15, -0.1) is 0 Å². The summed E-state index contributed by atoms with van der Waals surface area (Å²) < 4.78 is 5.25. The van der Waals surface area contributed by atoms with E-state index in [4.69, 9.17) is 16.3 Å². The van der Waals surface area contributed by atoms with Crippen LogP contribution < -0.4 is 5.32 Å². The third-order valence-electron chi connectivity index (χ3n) is 3.10. The van der Waals surface area contributed by atoms with Crippen molar-refractivity contribution in [2.45, 2.75) is 6.42 Å². The largest absolute Gasteiger partial charge is 0.379 e. The maximum atomic E-state index is 11.7. The molecule has 1 N–H and O–H groups in total. The van der Waals surface area contributed by atoms with E-state index in [1.165, 1.54) is 0 Å². The Labute approximate surface area is 118 Å². The first-order valence-corrected chi connectivity index (χ1v) is 6.93. The second-order valence-corrected chi connectivity index (χ2v) is 5.05. The van der Waals surface area contributed by atoms with Gasteiger partial charge in [0.25, 0.3) is 0 Å². The quantitative estimate of drug-likeness (QED) is 0.886. The predicted octanol–water partition coefficient (Wildman–Crippen LogP) is 1.33. The minimum atomic E-state index is 0.0731. The molecule has 0 aromatic heterocycles. The number of hydrogen-bond acceptors (Lipinski definition) is 3. The standard InChI is InChI=1S/C14H19ClN2O2/c15-13-3-1-2-12(10-13)4-5-16-14(18)11-17-6-8-19-9-7-17/h1-3,10H,4-9,11H2,(H,16,18). The fourth-order valence-electron chi connectivity index (χ4n) is 2.06. The SMILES string of the molecule is O=C(CN1CCOCC1)NCCc1cccc(Cl)c1. The molecule has 2 rings (SSSR count). The van der Waals surface area contributed by atoms with Crippen LogP contribution in [0.2, 0.25) is 5.02 Å². The first-order valence-electron chi connectivity index (χ1n) is 6.55. The van der Waals surface area contributed by atoms with Gasteiger partial charge in [-0.1, -0.05) is 23.7 Å². The van der Waals surface area contributed by atoms with Gasteiger partial charge in [0.15, 0.2) is 0 Å². The van der Waals surface area contributed by atoms with Gasteiger partial charge >= 0.3 is 0 Å². The minimum absolute atomic E-state index is 0.0731. The van der Waals surface area contributed by atoms with Crippen LogP contribution >= 0.6 is 11.6 Å². The molecule has 5 heteroatoms. The predicted molar refractivity (Wildman–Crippen MR) is 75.4 cm³/mol. The number of nitrogens with one attached hydrogen (secondary N) is 1. The van der Waals surface area contributed by atoms with Crippen LogP contribution in [-0.4, -0.2) is 50.2 Å². The molecule has 0 saturated carbocycles. The van der Waals surface area contributed by atoms with Crippen molar-refractivity contribution >= 4 is 17.5 Å². The number of rotatable bonds is 5. The first kappa shape index (κ1) is 14.3. The number of nitrogens with zero attached hydrogens (tertiary/aromatic N) is 1. The Morgan fingerprint density at radius 1 is 1.37 bits per heavy atom. The van der Waals surface area contributed by atoms with Gasteiger partial charge in [-0.05, 0) is 24.1 Å². The number of morpholine rings is 1. The normalized spacial score (nSPS) is 16.3. The van der Waals surface area contributed by atoms with Crippen LogP contribution in [-0.2, 0) is 16.0 Å². The van der Waals surface area contributed by atoms with Gasteiger partial charge < -0.3 is 10.1 Å². The van der Waals surface area contributed by atoms with Crippen LogP contribution in [0, 0.1) is 0 Å². The van der Waals surface area contributed by atoms with Crippen molar-refractivity contribution in [2.75, 3.05) is 39.4 Å². The molecule has 104 valence electrons. The molecule has 1 amide bonds. The van der Waals surface area contributed by atoms with Crippen molar-refractivity contribution < 1.29 is 9.53 Å². The molecule has 1 aromatic carbocycles. The molecule has 0 radical (unpaired) electrons. The Bertz CT molecular complexity index is 420. The van der Waals surface area contributed by atoms with Crippen molar-refractivity contribution in [3.63, 3.8) is 0 Å². The zero-order valence-electron chi connectivity index (χ0n) is 10.9. The Balaban J connectivity index is 1.66. The number of benzene rings is 1. The molecule has 4 nitrogen and oxygen atoms in total. The summed E-state index contributed by atoms with van der Waals surface area (Å²) in [5, 5.41) is 3.67. The fraction of sp³-hybridized carbons (Fsp3) is 0.500. The summed E-state index contributed by atoms with van der Waals surface area (Å²) in [6.07, 6.45) is 0.801. The molecule has 19 heavy (non-hydrogen) atoms. The number of ether oxygens (including phenoxy) is 1. The highest BCUT2D eigenvalue weighted by Crippen LogP contribution is 2.10. The van der Waals surface area contributed by atoms with E-state index < -0.39 is 0 Å². The summed E-state index contributed by atoms with van der Waals surface area (Å²) in [5.74, 6) is 0.0731. The summed E-state index contributed by atoms with van der Waals surface area (Å²) in [6.45, 7) is 4.21. The summed E-state index contributed by atoms with van der Waals surface area (Å²) in [4.78, 5) is 13.9. The van der Waals surface area contributed by atoms with Crippen molar-refractivity contribution in [1.82, 2.24) is 10.2 Å². The van der Waals surface area contributed by atoms with Crippen LogP contribution in [0.4, 0.5) is 0 Å². The highest BCUT2D eigenvalue weighted by molar-refractivity contribution is 6.30. The van der Waals surface area contributed by atoms with Crippen LogP contribution in [0.25, 0.3) is 0 Å². The van der Waals surface area contributed by atoms with E-state index in [1.807, 2.05) is 24.3 Å². The van der Waals surface area contributed by atoms with Gasteiger partial charge in [0, 0.05) is 24.7 Å². The molecule has 0 spiro atoms. The average molecular weight is 283 g/mol. The van der Waals surface area contributed by atoms with Gasteiger partial charge in [-0.2, -0.15) is 0 Å². The Morgan fingerprint density at radius 2 is 2.16 bits per heavy atom. The highest BCUT2D eigenvalue weighted by atomic mass is 35.5. The monoisotopic (exact) mass is 282 g/mol. The number of halogens is 1. The second kappa shape index (κ2) is 7.48. The molecule has 1 fully saturated rings. The van der Waals surface area contributed by atoms with E-state index in [-0.39, 0.29) is 5.91 Å². The number of carbonyl (C=O) groups excluding carboxylic acids is 1. The molecule has 0 aliphatic carbocycles. The van der Waals surface area contributed by atoms with Crippen LogP contribution in [0.1, 0.15) is 5.56 Å². The zero-order valence-corrected chi connectivity index (χ0v) is 11.7. The summed E-state index contributed by atoms with van der Waals surface area (Å²) in [6, 6.07) is 7.71. The number of hydrogen-bond donors (Lipinski definition) is 1. The molecule has 0 bridgehead atoms. The van der Waals surface area contributed by atoms with Crippen molar-refractivity contribution in [1.29, 1.82) is 0 Å². The second-order valence-electron chi connectivity index (χ2n) is 4.62. The van der Waals surface area contributed by atoms with Crippen LogP contribution in [0.3, 0.4) is 0 Å². The third-order valence-corrected chi connectivity index (χ3v) is 3.33. The third kappa shape index (κ3) is 5.19. The summed E-state index contributed by atoms with van der Waals surface area (Å²) in [5.41, 5.74) is 1.14. The van der Waals surface area contributed by atoms with E-state index in [0.29, 0.717) is 13.1 Å². The van der Waals surface area contributed by atoms with E-state index in [2.05, 4.69) is 10.2 Å². The smallest absolute Gasteiger partial charge is 0.234 e. The number of amides is 1. The zero-order chi connectivity index (χ0) is 13.5. The molecule has 1 aliphatic rings. The molecule has 1 saturated heterocycles. The minimum Gasteiger partial charge on any atom is -0.379 e. The Hall–Kier alpha value is -1.10. The summed E-state index contributed by atoms with van der Waals surface area (Å²) in [7, 11) is 0. The van der Waals surface area contributed by atoms with Gasteiger partial charge in [0.1, 0.15) is 0 Å². The van der Waals surface area contributed by atoms with Crippen molar-refractivity contribution in [3.8, 4) is 0 Å². The molecule has 1 aromatic rings. The molecule has 1 aliphatic heterocycles. The first-order chi connectivity index (χ1) is 9.24. The Morgan fingerprint density at radius 3 is 2.89 bits per heavy atom. The number of carbonyl (C=O) groups is 1. The van der Waals surface area contributed by atoms with Gasteiger partial charge in [-0.3, -0.25) is 9.69 Å². The maximum absolute atomic E-state index is 11.7.